The van der Waals surface area contributed by atoms with Crippen molar-refractivity contribution in [3.8, 4) is 0 Å². The summed E-state index contributed by atoms with van der Waals surface area (Å²) in [4.78, 5) is 0. The van der Waals surface area contributed by atoms with Gasteiger partial charge in [0.2, 0.25) is 0 Å². The van der Waals surface area contributed by atoms with Crippen molar-refractivity contribution in [1.82, 2.24) is 5.32 Å². The minimum absolute atomic E-state index is 0.367. The van der Waals surface area contributed by atoms with Crippen molar-refractivity contribution in [3.05, 3.63) is 35.4 Å². The first-order valence-corrected chi connectivity index (χ1v) is 6.23. The lowest BCUT2D eigenvalue weighted by atomic mass is 9.98. The van der Waals surface area contributed by atoms with E-state index in [1.54, 1.807) is 0 Å². The third kappa shape index (κ3) is 2.63. The molecule has 0 saturated carbocycles. The Morgan fingerprint density at radius 2 is 2.25 bits per heavy atom. The van der Waals surface area contributed by atoms with Gasteiger partial charge in [-0.15, -0.1) is 0 Å². The first kappa shape index (κ1) is 11.6. The summed E-state index contributed by atoms with van der Waals surface area (Å²) in [5.41, 5.74) is 2.74. The Morgan fingerprint density at radius 3 is 3.06 bits per heavy atom. The molecule has 88 valence electrons. The second kappa shape index (κ2) is 5.46. The zero-order valence-corrected chi connectivity index (χ0v) is 10.2. The molecule has 2 nitrogen and oxygen atoms in total. The predicted octanol–water partition coefficient (Wildman–Crippen LogP) is 3.04. The summed E-state index contributed by atoms with van der Waals surface area (Å²) in [6, 6.07) is 9.50. The van der Waals surface area contributed by atoms with E-state index in [4.69, 9.17) is 4.74 Å². The van der Waals surface area contributed by atoms with Crippen LogP contribution in [0.2, 0.25) is 0 Å². The Hall–Kier alpha value is -0.860. The Morgan fingerprint density at radius 1 is 1.44 bits per heavy atom. The quantitative estimate of drug-likeness (QED) is 0.840. The predicted molar refractivity (Wildman–Crippen MR) is 66.3 cm³/mol. The molecule has 0 spiro atoms. The van der Waals surface area contributed by atoms with Gasteiger partial charge in [-0.3, -0.25) is 0 Å². The lowest BCUT2D eigenvalue weighted by Crippen LogP contribution is -2.35. The van der Waals surface area contributed by atoms with Gasteiger partial charge in [0, 0.05) is 6.04 Å². The fraction of sp³-hybridized carbons (Fsp3) is 0.571. The van der Waals surface area contributed by atoms with Crippen LogP contribution in [0, 0.1) is 0 Å². The molecule has 0 amide bonds. The van der Waals surface area contributed by atoms with Crippen molar-refractivity contribution in [1.29, 1.82) is 0 Å². The number of hydrogen-bond donors (Lipinski definition) is 1. The van der Waals surface area contributed by atoms with Crippen molar-refractivity contribution in [2.75, 3.05) is 6.61 Å². The van der Waals surface area contributed by atoms with Crippen molar-refractivity contribution in [2.45, 2.75) is 45.4 Å². The van der Waals surface area contributed by atoms with Crippen LogP contribution in [0.15, 0.2) is 24.3 Å². The molecular weight excluding hydrogens is 198 g/mol. The van der Waals surface area contributed by atoms with E-state index in [0.717, 1.165) is 13.2 Å². The lowest BCUT2D eigenvalue weighted by molar-refractivity contribution is 0.0787. The fourth-order valence-corrected chi connectivity index (χ4v) is 2.38. The summed E-state index contributed by atoms with van der Waals surface area (Å²) < 4.78 is 5.63. The van der Waals surface area contributed by atoms with E-state index in [-0.39, 0.29) is 0 Å². The van der Waals surface area contributed by atoms with Gasteiger partial charge >= 0.3 is 0 Å². The summed E-state index contributed by atoms with van der Waals surface area (Å²) in [7, 11) is 0. The summed E-state index contributed by atoms with van der Waals surface area (Å²) >= 11 is 0. The molecule has 0 saturated heterocycles. The molecular formula is C14H21NO. The number of nitrogens with one attached hydrogen (secondary N) is 1. The van der Waals surface area contributed by atoms with Crippen LogP contribution in [0.3, 0.4) is 0 Å². The number of hydrogen-bond acceptors (Lipinski definition) is 2. The summed E-state index contributed by atoms with van der Waals surface area (Å²) in [5, 5.41) is 3.65. The van der Waals surface area contributed by atoms with Gasteiger partial charge in [0.05, 0.1) is 19.3 Å². The average Bonchev–Trinajstić information content (AvgIpc) is 2.30. The lowest BCUT2D eigenvalue weighted by Gasteiger charge is -2.29. The SMILES string of the molecule is CCCC(C)NC1COCc2ccccc21. The van der Waals surface area contributed by atoms with Crippen LogP contribution in [-0.2, 0) is 11.3 Å². The molecule has 1 aliphatic heterocycles. The molecule has 1 aliphatic rings. The summed E-state index contributed by atoms with van der Waals surface area (Å²) in [6.45, 7) is 6.03. The Labute approximate surface area is 98.0 Å². The van der Waals surface area contributed by atoms with Crippen molar-refractivity contribution in [3.63, 3.8) is 0 Å². The largest absolute Gasteiger partial charge is 0.375 e. The maximum absolute atomic E-state index is 5.63. The number of rotatable bonds is 4. The van der Waals surface area contributed by atoms with Gasteiger partial charge in [-0.2, -0.15) is 0 Å². The molecule has 16 heavy (non-hydrogen) atoms. The van der Waals surface area contributed by atoms with Gasteiger partial charge in [-0.25, -0.2) is 0 Å². The zero-order valence-electron chi connectivity index (χ0n) is 10.2. The van der Waals surface area contributed by atoms with Crippen LogP contribution in [0.4, 0.5) is 0 Å². The molecule has 1 aromatic rings. The monoisotopic (exact) mass is 219 g/mol. The first-order valence-electron chi connectivity index (χ1n) is 6.23. The molecule has 2 heteroatoms. The normalized spacial score (nSPS) is 21.5. The Bertz CT molecular complexity index is 337. The molecule has 0 bridgehead atoms. The van der Waals surface area contributed by atoms with Crippen molar-refractivity contribution >= 4 is 0 Å². The van der Waals surface area contributed by atoms with Crippen LogP contribution in [0.1, 0.15) is 43.9 Å². The third-order valence-electron chi connectivity index (χ3n) is 3.18. The smallest absolute Gasteiger partial charge is 0.0721 e. The molecule has 0 radical (unpaired) electrons. The molecule has 1 heterocycles. The van der Waals surface area contributed by atoms with Crippen LogP contribution < -0.4 is 5.32 Å². The highest BCUT2D eigenvalue weighted by Crippen LogP contribution is 2.25. The summed E-state index contributed by atoms with van der Waals surface area (Å²) in [5.74, 6) is 0. The van der Waals surface area contributed by atoms with Crippen molar-refractivity contribution in [2.24, 2.45) is 0 Å². The van der Waals surface area contributed by atoms with Crippen LogP contribution >= 0.6 is 0 Å². The molecule has 1 aromatic carbocycles. The maximum atomic E-state index is 5.63. The minimum Gasteiger partial charge on any atom is -0.375 e. The molecule has 1 N–H and O–H groups in total. The highest BCUT2D eigenvalue weighted by Gasteiger charge is 2.21. The van der Waals surface area contributed by atoms with Crippen LogP contribution in [0.5, 0.6) is 0 Å². The minimum atomic E-state index is 0.367. The average molecular weight is 219 g/mol. The number of ether oxygens (including phenoxy) is 1. The highest BCUT2D eigenvalue weighted by atomic mass is 16.5. The molecule has 2 atom stereocenters. The van der Waals surface area contributed by atoms with Gasteiger partial charge in [0.25, 0.3) is 0 Å². The van der Waals surface area contributed by atoms with E-state index >= 15 is 0 Å². The second-order valence-corrected chi connectivity index (χ2v) is 4.62. The van der Waals surface area contributed by atoms with E-state index in [2.05, 4.69) is 43.4 Å². The van der Waals surface area contributed by atoms with Gasteiger partial charge in [-0.1, -0.05) is 37.6 Å². The van der Waals surface area contributed by atoms with Gasteiger partial charge in [0.1, 0.15) is 0 Å². The number of fused-ring (bicyclic) bond motifs is 1. The Kier molecular flexibility index (Phi) is 3.97. The number of benzene rings is 1. The molecule has 0 aromatic heterocycles. The first-order chi connectivity index (χ1) is 7.81. The third-order valence-corrected chi connectivity index (χ3v) is 3.18. The highest BCUT2D eigenvalue weighted by molar-refractivity contribution is 5.31. The van der Waals surface area contributed by atoms with E-state index in [1.807, 2.05) is 0 Å². The molecule has 2 rings (SSSR count). The maximum Gasteiger partial charge on any atom is 0.0721 e. The summed E-state index contributed by atoms with van der Waals surface area (Å²) in [6.07, 6.45) is 2.45. The van der Waals surface area contributed by atoms with Gasteiger partial charge in [-0.05, 0) is 24.5 Å². The van der Waals surface area contributed by atoms with E-state index < -0.39 is 0 Å². The van der Waals surface area contributed by atoms with Crippen LogP contribution in [0.25, 0.3) is 0 Å². The second-order valence-electron chi connectivity index (χ2n) is 4.62. The molecule has 0 fully saturated rings. The van der Waals surface area contributed by atoms with Crippen molar-refractivity contribution < 1.29 is 4.74 Å². The molecule has 2 unspecified atom stereocenters. The van der Waals surface area contributed by atoms with E-state index in [9.17, 15) is 0 Å². The fourth-order valence-electron chi connectivity index (χ4n) is 2.38. The van der Waals surface area contributed by atoms with Gasteiger partial charge in [0.15, 0.2) is 0 Å². The molecule has 0 aliphatic carbocycles. The Balaban J connectivity index is 2.07. The van der Waals surface area contributed by atoms with E-state index in [1.165, 1.54) is 24.0 Å². The topological polar surface area (TPSA) is 21.3 Å². The van der Waals surface area contributed by atoms with Gasteiger partial charge < -0.3 is 10.1 Å². The van der Waals surface area contributed by atoms with Crippen LogP contribution in [-0.4, -0.2) is 12.6 Å². The standard InChI is InChI=1S/C14H21NO/c1-3-6-11(2)15-14-10-16-9-12-7-4-5-8-13(12)14/h4-5,7-8,11,14-15H,3,6,9-10H2,1-2H3. The van der Waals surface area contributed by atoms with E-state index in [0.29, 0.717) is 12.1 Å². The zero-order chi connectivity index (χ0) is 11.4.